The zero-order valence-electron chi connectivity index (χ0n) is 45.9. The van der Waals surface area contributed by atoms with E-state index in [0.29, 0.717) is 0 Å². The van der Waals surface area contributed by atoms with E-state index in [1.807, 2.05) is 0 Å². The van der Waals surface area contributed by atoms with Crippen LogP contribution in [0.4, 0.5) is 34.1 Å². The van der Waals surface area contributed by atoms with Gasteiger partial charge in [-0.05, 0) is 173 Å². The van der Waals surface area contributed by atoms with Gasteiger partial charge in [-0.1, -0.05) is 257 Å². The molecule has 0 heterocycles. The van der Waals surface area contributed by atoms with E-state index in [4.69, 9.17) is 0 Å². The molecule has 388 valence electrons. The number of hydrogen-bond acceptors (Lipinski definition) is 2. The molecule has 15 rings (SSSR count). The molecule has 0 unspecified atom stereocenters. The van der Waals surface area contributed by atoms with E-state index < -0.39 is 5.41 Å². The molecule has 0 radical (unpaired) electrons. The number of fused-ring (bicyclic) bond motifs is 8. The smallest absolute Gasteiger partial charge is 0.0714 e. The van der Waals surface area contributed by atoms with E-state index in [9.17, 15) is 0 Å². The van der Waals surface area contributed by atoms with Crippen molar-refractivity contribution in [1.82, 2.24) is 0 Å². The van der Waals surface area contributed by atoms with Crippen LogP contribution in [0, 0.1) is 0 Å². The fourth-order valence-corrected chi connectivity index (χ4v) is 13.6. The third-order valence-electron chi connectivity index (χ3n) is 17.6. The Morgan fingerprint density at radius 3 is 1.11 bits per heavy atom. The lowest BCUT2D eigenvalue weighted by Gasteiger charge is -2.35. The lowest BCUT2D eigenvalue weighted by molar-refractivity contribution is 0.661. The minimum atomic E-state index is -0.540. The van der Waals surface area contributed by atoms with Gasteiger partial charge < -0.3 is 9.80 Å². The molecule has 13 aromatic carbocycles. The lowest BCUT2D eigenvalue weighted by Crippen LogP contribution is -2.28. The first-order valence-electron chi connectivity index (χ1n) is 28.6. The summed E-state index contributed by atoms with van der Waals surface area (Å²) in [5.41, 5.74) is 25.9. The zero-order chi connectivity index (χ0) is 54.8. The summed E-state index contributed by atoms with van der Waals surface area (Å²) in [4.78, 5) is 4.84. The summed E-state index contributed by atoms with van der Waals surface area (Å²) in [5.74, 6) is 0. The number of rotatable bonds is 11. The molecule has 0 aromatic heterocycles. The Kier molecular flexibility index (Phi) is 11.8. The van der Waals surface area contributed by atoms with Crippen molar-refractivity contribution >= 4 is 44.9 Å². The Morgan fingerprint density at radius 2 is 0.610 bits per heavy atom. The lowest BCUT2D eigenvalue weighted by atomic mass is 9.67. The molecule has 13 aromatic rings. The molecule has 0 bridgehead atoms. The molecule has 2 aliphatic rings. The molecule has 0 saturated carbocycles. The highest BCUT2D eigenvalue weighted by Gasteiger charge is 2.46. The second kappa shape index (κ2) is 19.8. The van der Waals surface area contributed by atoms with Gasteiger partial charge >= 0.3 is 0 Å². The molecule has 2 aliphatic carbocycles. The van der Waals surface area contributed by atoms with Gasteiger partial charge in [-0.25, -0.2) is 0 Å². The van der Waals surface area contributed by atoms with Crippen molar-refractivity contribution < 1.29 is 0 Å². The van der Waals surface area contributed by atoms with Gasteiger partial charge in [0.25, 0.3) is 0 Å². The molecular formula is C80H58N2. The highest BCUT2D eigenvalue weighted by atomic mass is 15.1. The first kappa shape index (κ1) is 48.8. The largest absolute Gasteiger partial charge is 0.311 e. The Balaban J connectivity index is 0.842. The molecule has 0 atom stereocenters. The molecule has 0 saturated heterocycles. The predicted octanol–water partition coefficient (Wildman–Crippen LogP) is 21.4. The van der Waals surface area contributed by atoms with Gasteiger partial charge in [-0.2, -0.15) is 0 Å². The molecule has 0 amide bonds. The average molecular weight is 1050 g/mol. The summed E-state index contributed by atoms with van der Waals surface area (Å²) >= 11 is 0. The summed E-state index contributed by atoms with van der Waals surface area (Å²) < 4.78 is 0. The maximum Gasteiger partial charge on any atom is 0.0714 e. The minimum absolute atomic E-state index is 0.214. The van der Waals surface area contributed by atoms with Crippen molar-refractivity contribution in [2.75, 3.05) is 9.80 Å². The SMILES string of the molecule is CC1(C)c2cc(N(c3ccc(-c4ccc(N(c5ccc(-c6ccccc6)cc5)c5ccc(-c6ccccc6)cc5)cc4)cc3)c3ccc4c(c3)C(c3ccccc3)(c3ccccc3)c3ccccc3-4)ccc2-c2c1ccc1ccccc21. The van der Waals surface area contributed by atoms with Gasteiger partial charge in [0.2, 0.25) is 0 Å². The standard InChI is InChI=1S/C80H58N2/c1-79(2)75-52-39-61-23-15-16-28-70(61)78(75)73-51-49-68(53-76(73)79)82(69-48-50-72-71-29-17-18-30-74(71)80(77(72)54-69,62-24-11-5-12-25-62)63-26-13-6-14-27-63)67-46-37-60(38-47-67)59-35-44-66(45-36-59)81(64-40-31-57(32-41-64)55-19-7-3-8-20-55)65-42-33-58(34-43-65)56-21-9-4-10-22-56/h3-54H,1-2H3. The highest BCUT2D eigenvalue weighted by Crippen LogP contribution is 2.58. The summed E-state index contributed by atoms with van der Waals surface area (Å²) in [6.07, 6.45) is 0. The first-order chi connectivity index (χ1) is 40.4. The normalized spacial score (nSPS) is 13.2. The van der Waals surface area contributed by atoms with E-state index >= 15 is 0 Å². The van der Waals surface area contributed by atoms with Gasteiger partial charge in [0.15, 0.2) is 0 Å². The maximum absolute atomic E-state index is 2.48. The van der Waals surface area contributed by atoms with Crippen molar-refractivity contribution in [2.24, 2.45) is 0 Å². The summed E-state index contributed by atoms with van der Waals surface area (Å²) in [7, 11) is 0. The van der Waals surface area contributed by atoms with Crippen LogP contribution in [0.2, 0.25) is 0 Å². The molecule has 0 N–H and O–H groups in total. The monoisotopic (exact) mass is 1050 g/mol. The Bertz CT molecular complexity index is 4350. The maximum atomic E-state index is 2.48. The van der Waals surface area contributed by atoms with E-state index in [0.717, 1.165) is 45.3 Å². The zero-order valence-corrected chi connectivity index (χ0v) is 45.9. The van der Waals surface area contributed by atoms with Crippen molar-refractivity contribution in [3.8, 4) is 55.6 Å². The molecule has 0 spiro atoms. The Labute approximate surface area is 481 Å². The van der Waals surface area contributed by atoms with Crippen molar-refractivity contribution in [3.63, 3.8) is 0 Å². The van der Waals surface area contributed by atoms with Crippen molar-refractivity contribution in [1.29, 1.82) is 0 Å². The van der Waals surface area contributed by atoms with Crippen molar-refractivity contribution in [2.45, 2.75) is 24.7 Å². The van der Waals surface area contributed by atoms with E-state index in [1.165, 1.54) is 88.7 Å². The third kappa shape index (κ3) is 8.01. The van der Waals surface area contributed by atoms with Crippen LogP contribution in [0.5, 0.6) is 0 Å². The van der Waals surface area contributed by atoms with E-state index in [2.05, 4.69) is 339 Å². The molecule has 2 heteroatoms. The van der Waals surface area contributed by atoms with Crippen LogP contribution in [0.1, 0.15) is 47.2 Å². The van der Waals surface area contributed by atoms with Crippen LogP contribution in [-0.4, -0.2) is 0 Å². The van der Waals surface area contributed by atoms with Crippen LogP contribution in [0.15, 0.2) is 315 Å². The number of nitrogens with zero attached hydrogens (tertiary/aromatic N) is 2. The van der Waals surface area contributed by atoms with Crippen LogP contribution >= 0.6 is 0 Å². The average Bonchev–Trinajstić information content (AvgIpc) is 2.74. The second-order valence-electron chi connectivity index (χ2n) is 22.4. The number of anilines is 6. The summed E-state index contributed by atoms with van der Waals surface area (Å²) in [5, 5.41) is 2.57. The van der Waals surface area contributed by atoms with Crippen LogP contribution in [0.3, 0.4) is 0 Å². The quantitative estimate of drug-likeness (QED) is 0.127. The van der Waals surface area contributed by atoms with Gasteiger partial charge in [0, 0.05) is 39.5 Å². The van der Waals surface area contributed by atoms with E-state index in [1.54, 1.807) is 0 Å². The van der Waals surface area contributed by atoms with Gasteiger partial charge in [-0.3, -0.25) is 0 Å². The first-order valence-corrected chi connectivity index (χ1v) is 28.6. The van der Waals surface area contributed by atoms with Gasteiger partial charge in [0.05, 0.1) is 5.41 Å². The summed E-state index contributed by atoms with van der Waals surface area (Å²) in [6, 6.07) is 116. The molecular weight excluding hydrogens is 989 g/mol. The fraction of sp³-hybridized carbons (Fsp3) is 0.0500. The molecule has 0 aliphatic heterocycles. The fourth-order valence-electron chi connectivity index (χ4n) is 13.6. The topological polar surface area (TPSA) is 6.48 Å². The number of hydrogen-bond donors (Lipinski definition) is 0. The highest BCUT2D eigenvalue weighted by molar-refractivity contribution is 6.03. The van der Waals surface area contributed by atoms with Gasteiger partial charge in [0.1, 0.15) is 0 Å². The van der Waals surface area contributed by atoms with E-state index in [-0.39, 0.29) is 5.41 Å². The molecule has 82 heavy (non-hydrogen) atoms. The second-order valence-corrected chi connectivity index (χ2v) is 22.4. The summed E-state index contributed by atoms with van der Waals surface area (Å²) in [6.45, 7) is 4.79. The molecule has 0 fully saturated rings. The van der Waals surface area contributed by atoms with Gasteiger partial charge in [-0.15, -0.1) is 0 Å². The third-order valence-corrected chi connectivity index (χ3v) is 17.6. The Hall–Kier alpha value is -10.3. The van der Waals surface area contributed by atoms with Crippen molar-refractivity contribution in [3.05, 3.63) is 349 Å². The molecule has 2 nitrogen and oxygen atoms in total. The number of benzene rings is 13. The van der Waals surface area contributed by atoms with Crippen LogP contribution in [0.25, 0.3) is 66.4 Å². The predicted molar refractivity (Wildman–Crippen MR) is 344 cm³/mol. The van der Waals surface area contributed by atoms with Crippen LogP contribution < -0.4 is 9.80 Å². The van der Waals surface area contributed by atoms with Crippen LogP contribution in [-0.2, 0) is 10.8 Å². The Morgan fingerprint density at radius 1 is 0.244 bits per heavy atom. The minimum Gasteiger partial charge on any atom is -0.311 e.